The molecule has 1 aromatic rings. The van der Waals surface area contributed by atoms with Gasteiger partial charge in [0.05, 0.1) is 5.41 Å². The molecule has 0 aliphatic carbocycles. The van der Waals surface area contributed by atoms with Gasteiger partial charge in [0.15, 0.2) is 0 Å². The highest BCUT2D eigenvalue weighted by Gasteiger charge is 2.54. The van der Waals surface area contributed by atoms with Crippen molar-refractivity contribution in [3.63, 3.8) is 0 Å². The van der Waals surface area contributed by atoms with Gasteiger partial charge in [-0.15, -0.1) is 0 Å². The Labute approximate surface area is 177 Å². The summed E-state index contributed by atoms with van der Waals surface area (Å²) in [5.41, 5.74) is 0.0291. The Bertz CT molecular complexity index is 769. The largest absolute Gasteiger partial charge is 0.385 e. The number of ether oxygens (including phenoxy) is 1. The zero-order valence-corrected chi connectivity index (χ0v) is 18.2. The molecule has 0 saturated carbocycles. The number of aryl methyl sites for hydroxylation is 1. The lowest BCUT2D eigenvalue weighted by molar-refractivity contribution is -0.140. The maximum absolute atomic E-state index is 13.2. The summed E-state index contributed by atoms with van der Waals surface area (Å²) in [5.74, 6) is -0.0919. The first-order valence-corrected chi connectivity index (χ1v) is 10.9. The van der Waals surface area contributed by atoms with Gasteiger partial charge in [-0.2, -0.15) is 5.10 Å². The Morgan fingerprint density at radius 3 is 2.63 bits per heavy atom. The molecule has 30 heavy (non-hydrogen) atoms. The van der Waals surface area contributed by atoms with E-state index in [0.29, 0.717) is 64.3 Å². The number of carbonyl (C=O) groups is 3. The first-order chi connectivity index (χ1) is 14.5. The number of hydrogen-bond donors (Lipinski definition) is 1. The van der Waals surface area contributed by atoms with Crippen LogP contribution >= 0.6 is 0 Å². The van der Waals surface area contributed by atoms with E-state index in [9.17, 15) is 14.4 Å². The average molecular weight is 420 g/mol. The molecule has 2 aliphatic rings. The molecule has 0 bridgehead atoms. The van der Waals surface area contributed by atoms with Gasteiger partial charge in [0.1, 0.15) is 11.7 Å². The maximum Gasteiger partial charge on any atom is 0.272 e. The van der Waals surface area contributed by atoms with Crippen molar-refractivity contribution in [2.24, 2.45) is 5.41 Å². The molecule has 1 atom stereocenters. The summed E-state index contributed by atoms with van der Waals surface area (Å²) in [4.78, 5) is 42.3. The zero-order chi connectivity index (χ0) is 21.7. The molecule has 2 fully saturated rings. The van der Waals surface area contributed by atoms with Gasteiger partial charge >= 0.3 is 0 Å². The van der Waals surface area contributed by atoms with Crippen molar-refractivity contribution in [3.8, 4) is 0 Å². The van der Waals surface area contributed by atoms with Crippen LogP contribution in [-0.4, -0.2) is 83.2 Å². The Balaban J connectivity index is 1.63. The minimum Gasteiger partial charge on any atom is -0.385 e. The molecule has 0 radical (unpaired) electrons. The molecule has 9 heteroatoms. The van der Waals surface area contributed by atoms with Crippen molar-refractivity contribution < 1.29 is 19.1 Å². The number of aromatic nitrogens is 2. The van der Waals surface area contributed by atoms with Crippen LogP contribution in [0.2, 0.25) is 0 Å². The summed E-state index contributed by atoms with van der Waals surface area (Å²) in [7, 11) is 1.63. The zero-order valence-electron chi connectivity index (χ0n) is 18.2. The summed E-state index contributed by atoms with van der Waals surface area (Å²) in [6.07, 6.45) is 4.07. The number of rotatable bonds is 8. The van der Waals surface area contributed by atoms with Crippen molar-refractivity contribution in [1.29, 1.82) is 0 Å². The van der Waals surface area contributed by atoms with Gasteiger partial charge in [-0.25, -0.2) is 0 Å². The van der Waals surface area contributed by atoms with Crippen LogP contribution in [0.15, 0.2) is 12.3 Å². The molecule has 3 heterocycles. The number of nitrogens with zero attached hydrogens (tertiary/aromatic N) is 4. The van der Waals surface area contributed by atoms with E-state index in [2.05, 4.69) is 10.4 Å². The van der Waals surface area contributed by atoms with Crippen LogP contribution in [-0.2, 0) is 20.9 Å². The smallest absolute Gasteiger partial charge is 0.272 e. The second-order valence-corrected chi connectivity index (χ2v) is 8.05. The van der Waals surface area contributed by atoms with Crippen LogP contribution in [0, 0.1) is 5.41 Å². The van der Waals surface area contributed by atoms with Crippen LogP contribution < -0.4 is 5.32 Å². The molecule has 9 nitrogen and oxygen atoms in total. The number of likely N-dealkylation sites (N-methyl/N-ethyl adjacent to an activating group) is 1. The third-order valence-electron chi connectivity index (χ3n) is 6.39. The lowest BCUT2D eigenvalue weighted by atomic mass is 9.76. The number of nitrogens with one attached hydrogen (secondary N) is 1. The molecule has 1 N–H and O–H groups in total. The van der Waals surface area contributed by atoms with Gasteiger partial charge in [-0.05, 0) is 45.6 Å². The summed E-state index contributed by atoms with van der Waals surface area (Å²) < 4.78 is 6.71. The summed E-state index contributed by atoms with van der Waals surface area (Å²) in [6.45, 7) is 7.16. The fourth-order valence-electron chi connectivity index (χ4n) is 4.64. The molecule has 3 rings (SSSR count). The molecular formula is C21H33N5O4. The van der Waals surface area contributed by atoms with Gasteiger partial charge in [0.2, 0.25) is 11.8 Å². The lowest BCUT2D eigenvalue weighted by Gasteiger charge is -2.37. The van der Waals surface area contributed by atoms with Gasteiger partial charge in [-0.1, -0.05) is 0 Å². The van der Waals surface area contributed by atoms with E-state index in [1.165, 1.54) is 0 Å². The Hall–Kier alpha value is -2.42. The van der Waals surface area contributed by atoms with Crippen LogP contribution in [0.5, 0.6) is 0 Å². The highest BCUT2D eigenvalue weighted by Crippen LogP contribution is 2.44. The van der Waals surface area contributed by atoms with Crippen molar-refractivity contribution in [1.82, 2.24) is 24.9 Å². The molecule has 166 valence electrons. The van der Waals surface area contributed by atoms with Crippen LogP contribution in [0.25, 0.3) is 0 Å². The number of amides is 3. The summed E-state index contributed by atoms with van der Waals surface area (Å²) in [6, 6.07) is 1.30. The van der Waals surface area contributed by atoms with Crippen molar-refractivity contribution in [3.05, 3.63) is 18.0 Å². The van der Waals surface area contributed by atoms with Gasteiger partial charge < -0.3 is 19.9 Å². The quantitative estimate of drug-likeness (QED) is 0.632. The SMILES string of the molecule is CCN1C(=O)C2(CCN(C(=O)c3ccnn3CC)CC2)CC1C(=O)NCCCOC. The molecule has 1 spiro atoms. The predicted molar refractivity (Wildman–Crippen MR) is 111 cm³/mol. The third-order valence-corrected chi connectivity index (χ3v) is 6.39. The molecule has 1 unspecified atom stereocenters. The van der Waals surface area contributed by atoms with Gasteiger partial charge in [0, 0.05) is 52.6 Å². The molecule has 2 aliphatic heterocycles. The fourth-order valence-corrected chi connectivity index (χ4v) is 4.64. The van der Waals surface area contributed by atoms with E-state index >= 15 is 0 Å². The maximum atomic E-state index is 13.2. The average Bonchev–Trinajstić information content (AvgIpc) is 3.34. The van der Waals surface area contributed by atoms with E-state index in [-0.39, 0.29) is 17.7 Å². The van der Waals surface area contributed by atoms with E-state index in [0.717, 1.165) is 6.42 Å². The van der Waals surface area contributed by atoms with Gasteiger partial charge in [0.25, 0.3) is 5.91 Å². The second kappa shape index (κ2) is 9.59. The standard InChI is InChI=1S/C21H33N5O4/c1-4-25-17(18(27)22-10-6-14-30-3)15-21(20(25)29)8-12-24(13-9-21)19(28)16-7-11-23-26(16)5-2/h7,11,17H,4-6,8-10,12-15H2,1-3H3,(H,22,27). The van der Waals surface area contributed by atoms with Crippen LogP contribution in [0.4, 0.5) is 0 Å². The third kappa shape index (κ3) is 4.21. The molecule has 3 amide bonds. The normalized spacial score (nSPS) is 20.8. The molecular weight excluding hydrogens is 386 g/mol. The Kier molecular flexibility index (Phi) is 7.12. The predicted octanol–water partition coefficient (Wildman–Crippen LogP) is 0.899. The van der Waals surface area contributed by atoms with Crippen molar-refractivity contribution in [2.75, 3.05) is 39.9 Å². The number of methoxy groups -OCH3 is 1. The van der Waals surface area contributed by atoms with E-state index in [1.54, 1.807) is 33.9 Å². The Morgan fingerprint density at radius 1 is 1.27 bits per heavy atom. The summed E-state index contributed by atoms with van der Waals surface area (Å²) in [5, 5.41) is 7.11. The van der Waals surface area contributed by atoms with Crippen molar-refractivity contribution in [2.45, 2.75) is 52.1 Å². The van der Waals surface area contributed by atoms with Crippen LogP contribution in [0.1, 0.15) is 50.0 Å². The number of hydrogen-bond acceptors (Lipinski definition) is 5. The van der Waals surface area contributed by atoms with Crippen LogP contribution in [0.3, 0.4) is 0 Å². The van der Waals surface area contributed by atoms with E-state index in [1.807, 2.05) is 13.8 Å². The second-order valence-electron chi connectivity index (χ2n) is 8.05. The first-order valence-electron chi connectivity index (χ1n) is 10.9. The Morgan fingerprint density at radius 2 is 2.00 bits per heavy atom. The van der Waals surface area contributed by atoms with E-state index in [4.69, 9.17) is 4.74 Å². The molecule has 0 aromatic carbocycles. The minimum absolute atomic E-state index is 0.0468. The fraction of sp³-hybridized carbons (Fsp3) is 0.714. The number of piperidine rings is 1. The monoisotopic (exact) mass is 419 g/mol. The number of likely N-dealkylation sites (tertiary alicyclic amines) is 2. The lowest BCUT2D eigenvalue weighted by Crippen LogP contribution is -2.47. The highest BCUT2D eigenvalue weighted by atomic mass is 16.5. The topological polar surface area (TPSA) is 96.8 Å². The molecule has 2 saturated heterocycles. The first kappa shape index (κ1) is 22.3. The van der Waals surface area contributed by atoms with Crippen molar-refractivity contribution >= 4 is 17.7 Å². The molecule has 1 aromatic heterocycles. The highest BCUT2D eigenvalue weighted by molar-refractivity contribution is 5.95. The minimum atomic E-state index is -0.549. The van der Waals surface area contributed by atoms with Gasteiger partial charge in [-0.3, -0.25) is 19.1 Å². The van der Waals surface area contributed by atoms with E-state index < -0.39 is 11.5 Å². The summed E-state index contributed by atoms with van der Waals surface area (Å²) >= 11 is 0. The number of carbonyl (C=O) groups excluding carboxylic acids is 3.